The van der Waals surface area contributed by atoms with Gasteiger partial charge in [-0.25, -0.2) is 0 Å². The Balaban J connectivity index is 4.59. The highest BCUT2D eigenvalue weighted by molar-refractivity contribution is 5.77. The number of carbonyl (C=O) groups is 2. The molecular weight excluding hydrogens is 755 g/mol. The van der Waals surface area contributed by atoms with Gasteiger partial charge in [0, 0.05) is 6.42 Å². The van der Waals surface area contributed by atoms with Gasteiger partial charge in [-0.05, 0) is 64.2 Å². The molecule has 0 aliphatic heterocycles. The van der Waals surface area contributed by atoms with E-state index in [4.69, 9.17) is 4.74 Å². The second kappa shape index (κ2) is 48.8. The van der Waals surface area contributed by atoms with Gasteiger partial charge in [0.1, 0.15) is 6.10 Å². The summed E-state index contributed by atoms with van der Waals surface area (Å²) in [5.41, 5.74) is 0. The van der Waals surface area contributed by atoms with Gasteiger partial charge in [-0.1, -0.05) is 236 Å². The summed E-state index contributed by atoms with van der Waals surface area (Å²) in [6.07, 6.45) is 58.9. The number of hydrogen-bond acceptors (Lipinski definition) is 5. The van der Waals surface area contributed by atoms with E-state index in [0.717, 1.165) is 70.6 Å². The Morgan fingerprint density at radius 1 is 0.475 bits per heavy atom. The van der Waals surface area contributed by atoms with Crippen molar-refractivity contribution in [3.05, 3.63) is 48.6 Å². The van der Waals surface area contributed by atoms with E-state index in [-0.39, 0.29) is 24.9 Å². The molecule has 0 aromatic heterocycles. The Labute approximate surface area is 378 Å². The molecule has 3 unspecified atom stereocenters. The summed E-state index contributed by atoms with van der Waals surface area (Å²) in [4.78, 5) is 26.1. The monoisotopic (exact) mass is 856 g/mol. The molecule has 356 valence electrons. The van der Waals surface area contributed by atoms with Crippen LogP contribution in [-0.2, 0) is 14.3 Å². The number of carbonyl (C=O) groups excluding carboxylic acids is 2. The average Bonchev–Trinajstić information content (AvgIpc) is 3.25. The highest BCUT2D eigenvalue weighted by atomic mass is 16.5. The van der Waals surface area contributed by atoms with Crippen LogP contribution in [0.4, 0.5) is 0 Å². The summed E-state index contributed by atoms with van der Waals surface area (Å²) in [5, 5.41) is 23.8. The van der Waals surface area contributed by atoms with Crippen molar-refractivity contribution in [3.63, 3.8) is 0 Å². The first-order valence-electron chi connectivity index (χ1n) is 26.4. The number of ether oxygens (including phenoxy) is 1. The van der Waals surface area contributed by atoms with Crippen LogP contribution in [0.3, 0.4) is 0 Å². The van der Waals surface area contributed by atoms with Crippen molar-refractivity contribution in [1.82, 2.24) is 5.32 Å². The number of unbranched alkanes of at least 4 members (excludes halogenated alkanes) is 27. The smallest absolute Gasteiger partial charge is 0.306 e. The summed E-state index contributed by atoms with van der Waals surface area (Å²) in [6, 6.07) is -0.717. The van der Waals surface area contributed by atoms with Gasteiger partial charge in [-0.15, -0.1) is 0 Å². The third-order valence-corrected chi connectivity index (χ3v) is 11.9. The third kappa shape index (κ3) is 44.2. The highest BCUT2D eigenvalue weighted by Gasteiger charge is 2.24. The molecule has 3 N–H and O–H groups in total. The van der Waals surface area contributed by atoms with Crippen LogP contribution in [0.2, 0.25) is 0 Å². The third-order valence-electron chi connectivity index (χ3n) is 11.9. The maximum Gasteiger partial charge on any atom is 0.306 e. The summed E-state index contributed by atoms with van der Waals surface area (Å²) in [6.45, 7) is 6.43. The fourth-order valence-electron chi connectivity index (χ4n) is 7.89. The lowest BCUT2D eigenvalue weighted by Crippen LogP contribution is -2.46. The van der Waals surface area contributed by atoms with Gasteiger partial charge in [-0.2, -0.15) is 0 Å². The minimum atomic E-state index is -0.800. The minimum Gasteiger partial charge on any atom is -0.462 e. The first-order valence-corrected chi connectivity index (χ1v) is 26.4. The molecule has 6 heteroatoms. The molecule has 0 bridgehead atoms. The van der Waals surface area contributed by atoms with E-state index in [2.05, 4.69) is 74.7 Å². The predicted octanol–water partition coefficient (Wildman–Crippen LogP) is 15.8. The van der Waals surface area contributed by atoms with Crippen molar-refractivity contribution in [2.24, 2.45) is 0 Å². The van der Waals surface area contributed by atoms with Crippen molar-refractivity contribution in [2.45, 2.75) is 283 Å². The van der Waals surface area contributed by atoms with Crippen molar-refractivity contribution >= 4 is 11.9 Å². The molecule has 0 rings (SSSR count). The zero-order valence-corrected chi connectivity index (χ0v) is 40.5. The van der Waals surface area contributed by atoms with Gasteiger partial charge in [0.2, 0.25) is 5.91 Å². The zero-order valence-electron chi connectivity index (χ0n) is 40.5. The molecule has 0 aromatic rings. The van der Waals surface area contributed by atoms with E-state index in [9.17, 15) is 19.8 Å². The van der Waals surface area contributed by atoms with Crippen LogP contribution in [0.15, 0.2) is 48.6 Å². The van der Waals surface area contributed by atoms with Gasteiger partial charge in [0.15, 0.2) is 0 Å². The lowest BCUT2D eigenvalue weighted by Gasteiger charge is -2.24. The number of amides is 1. The molecule has 0 saturated heterocycles. The molecule has 0 spiro atoms. The molecular formula is C55H101NO5. The van der Waals surface area contributed by atoms with Gasteiger partial charge in [-0.3, -0.25) is 9.59 Å². The van der Waals surface area contributed by atoms with Crippen molar-refractivity contribution in [3.8, 4) is 0 Å². The number of rotatable bonds is 47. The molecule has 61 heavy (non-hydrogen) atoms. The number of esters is 1. The maximum absolute atomic E-state index is 13.2. The van der Waals surface area contributed by atoms with E-state index < -0.39 is 18.2 Å². The molecule has 6 nitrogen and oxygen atoms in total. The second-order valence-corrected chi connectivity index (χ2v) is 17.9. The van der Waals surface area contributed by atoms with Crippen LogP contribution >= 0.6 is 0 Å². The van der Waals surface area contributed by atoms with Crippen LogP contribution in [0, 0.1) is 0 Å². The Morgan fingerprint density at radius 3 is 1.30 bits per heavy atom. The first kappa shape index (κ1) is 58.8. The predicted molar refractivity (Wildman–Crippen MR) is 264 cm³/mol. The van der Waals surface area contributed by atoms with Gasteiger partial charge in [0.05, 0.1) is 25.2 Å². The molecule has 0 aliphatic rings. The fraction of sp³-hybridized carbons (Fsp3) is 0.818. The second-order valence-electron chi connectivity index (χ2n) is 17.9. The van der Waals surface area contributed by atoms with Gasteiger partial charge < -0.3 is 20.3 Å². The molecule has 0 fully saturated rings. The van der Waals surface area contributed by atoms with Crippen LogP contribution in [0.5, 0.6) is 0 Å². The summed E-state index contributed by atoms with van der Waals surface area (Å²) in [7, 11) is 0. The lowest BCUT2D eigenvalue weighted by atomic mass is 10.0. The fourth-order valence-corrected chi connectivity index (χ4v) is 7.89. The number of allylic oxidation sites excluding steroid dienone is 8. The number of nitrogens with one attached hydrogen (secondary N) is 1. The molecule has 0 radical (unpaired) electrons. The Bertz CT molecular complexity index is 1050. The van der Waals surface area contributed by atoms with E-state index in [1.165, 1.54) is 148 Å². The maximum atomic E-state index is 13.2. The van der Waals surface area contributed by atoms with Crippen LogP contribution < -0.4 is 5.32 Å². The van der Waals surface area contributed by atoms with E-state index in [0.29, 0.717) is 19.3 Å². The number of hydrogen-bond donors (Lipinski definition) is 3. The normalized spacial score (nSPS) is 13.6. The minimum absolute atomic E-state index is 0.0420. The highest BCUT2D eigenvalue weighted by Crippen LogP contribution is 2.17. The molecule has 0 heterocycles. The van der Waals surface area contributed by atoms with Crippen molar-refractivity contribution in [2.75, 3.05) is 6.61 Å². The quantitative estimate of drug-likeness (QED) is 0.0322. The molecule has 0 aromatic carbocycles. The Hall–Kier alpha value is -2.18. The van der Waals surface area contributed by atoms with E-state index in [1.807, 2.05) is 0 Å². The van der Waals surface area contributed by atoms with Gasteiger partial charge in [0.25, 0.3) is 0 Å². The van der Waals surface area contributed by atoms with Crippen molar-refractivity contribution in [1.29, 1.82) is 0 Å². The zero-order chi connectivity index (χ0) is 44.5. The van der Waals surface area contributed by atoms with Crippen LogP contribution in [-0.4, -0.2) is 46.9 Å². The van der Waals surface area contributed by atoms with Crippen molar-refractivity contribution < 1.29 is 24.5 Å². The van der Waals surface area contributed by atoms with Gasteiger partial charge >= 0.3 is 5.97 Å². The standard InChI is InChI=1S/C55H101NO5/c1-4-7-10-13-16-19-21-23-25-27-28-30-32-35-37-40-43-46-51(61-55(60)48-45-42-39-34-18-15-12-9-6-3)49-54(59)56-52(50-57)53(58)47-44-41-38-36-33-31-29-26-24-22-20-17-14-11-8-5-2/h16,19,23,25,28,30,35,37,51-53,57-58H,4-15,17-18,20-22,24,26-27,29,31-34,36,38-50H2,1-3H3,(H,56,59)/b19-16-,25-23-,30-28-,37-35-. The van der Waals surface area contributed by atoms with Crippen LogP contribution in [0.1, 0.15) is 265 Å². The van der Waals surface area contributed by atoms with E-state index >= 15 is 0 Å². The number of aliphatic hydroxyl groups excluding tert-OH is 2. The van der Waals surface area contributed by atoms with Crippen LogP contribution in [0.25, 0.3) is 0 Å². The molecule has 3 atom stereocenters. The Morgan fingerprint density at radius 2 is 0.852 bits per heavy atom. The lowest BCUT2D eigenvalue weighted by molar-refractivity contribution is -0.151. The summed E-state index contributed by atoms with van der Waals surface area (Å²) < 4.78 is 5.89. The molecule has 0 aliphatic carbocycles. The SMILES string of the molecule is CCCCC/C=C\C/C=C\C/C=C\C/C=C\CCCC(CC(=O)NC(CO)C(O)CCCCCCCCCCCCCCCCCC)OC(=O)CCCCCCCCCCC. The largest absolute Gasteiger partial charge is 0.462 e. The molecule has 0 saturated carbocycles. The average molecular weight is 856 g/mol. The Kier molecular flexibility index (Phi) is 47.1. The summed E-state index contributed by atoms with van der Waals surface area (Å²) >= 11 is 0. The number of aliphatic hydroxyl groups is 2. The topological polar surface area (TPSA) is 95.9 Å². The molecule has 1 amide bonds. The van der Waals surface area contributed by atoms with E-state index in [1.54, 1.807) is 0 Å². The first-order chi connectivity index (χ1) is 30.0. The summed E-state index contributed by atoms with van der Waals surface area (Å²) in [5.74, 6) is -0.524.